The zero-order chi connectivity index (χ0) is 10.6. The topological polar surface area (TPSA) is 0 Å². The van der Waals surface area contributed by atoms with Crippen LogP contribution in [0.3, 0.4) is 0 Å². The van der Waals surface area contributed by atoms with Gasteiger partial charge >= 0.3 is 37.7 Å². The van der Waals surface area contributed by atoms with Crippen molar-refractivity contribution < 1.29 is 75.5 Å². The average Bonchev–Trinajstić information content (AvgIpc) is 3.09. The van der Waals surface area contributed by atoms with E-state index in [1.54, 1.807) is 0 Å². The van der Waals surface area contributed by atoms with Gasteiger partial charge in [-0.15, -0.1) is 0 Å². The average molecular weight is 525 g/mol. The molecule has 0 aliphatic heterocycles. The molecule has 0 saturated carbocycles. The van der Waals surface area contributed by atoms with Gasteiger partial charge in [0, 0.05) is 37.7 Å². The van der Waals surface area contributed by atoms with E-state index in [1.807, 2.05) is 91.0 Å². The summed E-state index contributed by atoms with van der Waals surface area (Å²) in [6, 6.07) is 30.0. The van der Waals surface area contributed by atoms with Gasteiger partial charge < -0.3 is 0 Å². The first-order valence-corrected chi connectivity index (χ1v) is 5.00. The smallest absolute Gasteiger partial charge is 0.214 e. The Morgan fingerprint density at radius 1 is 0.412 bits per heavy atom. The minimum atomic E-state index is 0. The molecule has 0 heterocycles. The first-order chi connectivity index (χ1) is 7.50. The van der Waals surface area contributed by atoms with Crippen LogP contribution in [0.1, 0.15) is 0 Å². The van der Waals surface area contributed by atoms with Crippen molar-refractivity contribution in [2.75, 3.05) is 0 Å². The van der Waals surface area contributed by atoms with Crippen molar-refractivity contribution in [1.29, 1.82) is 0 Å². The summed E-state index contributed by atoms with van der Waals surface area (Å²) >= 11 is 0. The quantitative estimate of drug-likeness (QED) is 0.305. The second kappa shape index (κ2) is 16.6. The van der Waals surface area contributed by atoms with Crippen LogP contribution in [-0.4, -0.2) is 0 Å². The van der Waals surface area contributed by atoms with Crippen LogP contribution in [0.15, 0.2) is 91.0 Å². The molecule has 0 N–H and O–H groups in total. The maximum absolute atomic E-state index is 2.00. The predicted molar refractivity (Wildman–Crippen MR) is 66.1 cm³/mol. The molecule has 0 spiro atoms. The van der Waals surface area contributed by atoms with Gasteiger partial charge in [-0.2, -0.15) is 54.6 Å². The minimum absolute atomic E-state index is 0. The third kappa shape index (κ3) is 14.5. The van der Waals surface area contributed by atoms with Gasteiger partial charge in [0.25, 0.3) is 0 Å². The van der Waals surface area contributed by atoms with Crippen molar-refractivity contribution in [3.05, 3.63) is 91.0 Å². The zero-order valence-corrected chi connectivity index (χ0v) is 13.1. The van der Waals surface area contributed by atoms with Gasteiger partial charge in [0.1, 0.15) is 0 Å². The summed E-state index contributed by atoms with van der Waals surface area (Å²) in [5, 5.41) is 0. The molecule has 0 bridgehead atoms. The van der Waals surface area contributed by atoms with Crippen molar-refractivity contribution in [1.82, 2.24) is 0 Å². The summed E-state index contributed by atoms with van der Waals surface area (Å²) in [5.41, 5.74) is 0. The van der Waals surface area contributed by atoms with E-state index >= 15 is 0 Å². The Morgan fingerprint density at radius 2 is 0.588 bits per heavy atom. The monoisotopic (exact) mass is 525 g/mol. The molecule has 0 atom stereocenters. The van der Waals surface area contributed by atoms with E-state index < -0.39 is 0 Å². The summed E-state index contributed by atoms with van der Waals surface area (Å²) in [5.74, 6) is 0. The zero-order valence-electron chi connectivity index (χ0n) is 9.26. The summed E-state index contributed by atoms with van der Waals surface area (Å²) in [7, 11) is 0. The first-order valence-electron chi connectivity index (χ1n) is 5.00. The van der Waals surface area contributed by atoms with Gasteiger partial charge in [-0.1, -0.05) is 0 Å². The molecule has 0 saturated heterocycles. The van der Waals surface area contributed by atoms with E-state index in [4.69, 9.17) is 0 Å². The summed E-state index contributed by atoms with van der Waals surface area (Å²) < 4.78 is 0. The maximum atomic E-state index is 2.00. The SMILES string of the molecule is [Ho+3].[Ho].c1cc[cH-]c1.c1cc[cH-]c1.c1cc[cH-]c1. The fourth-order valence-electron chi connectivity index (χ4n) is 0.962. The van der Waals surface area contributed by atoms with Crippen LogP contribution in [0.4, 0.5) is 0 Å². The van der Waals surface area contributed by atoms with Gasteiger partial charge in [-0.05, 0) is 0 Å². The van der Waals surface area contributed by atoms with Crippen LogP contribution in [0, 0.1) is 75.5 Å². The summed E-state index contributed by atoms with van der Waals surface area (Å²) in [6.07, 6.45) is 0. The minimum Gasteiger partial charge on any atom is -0.214 e. The van der Waals surface area contributed by atoms with Gasteiger partial charge in [-0.3, -0.25) is 0 Å². The summed E-state index contributed by atoms with van der Waals surface area (Å²) in [4.78, 5) is 0. The van der Waals surface area contributed by atoms with Crippen LogP contribution >= 0.6 is 0 Å². The van der Waals surface area contributed by atoms with Crippen molar-refractivity contribution in [3.8, 4) is 0 Å². The molecule has 3 rings (SSSR count). The Morgan fingerprint density at radius 3 is 0.647 bits per heavy atom. The first kappa shape index (κ1) is 19.9. The van der Waals surface area contributed by atoms with Crippen molar-refractivity contribution in [3.63, 3.8) is 0 Å². The Hall–Kier alpha value is 0.569. The Balaban J connectivity index is 0. The van der Waals surface area contributed by atoms with E-state index in [1.165, 1.54) is 0 Å². The Bertz CT molecular complexity index is 241. The predicted octanol–water partition coefficient (Wildman–Crippen LogP) is 4.22. The molecule has 0 aromatic heterocycles. The molecule has 17 heavy (non-hydrogen) atoms. The van der Waals surface area contributed by atoms with Crippen molar-refractivity contribution in [2.45, 2.75) is 0 Å². The van der Waals surface area contributed by atoms with Crippen molar-refractivity contribution >= 4 is 0 Å². The van der Waals surface area contributed by atoms with Gasteiger partial charge in [0.15, 0.2) is 0 Å². The molecule has 3 aromatic rings. The second-order valence-corrected chi connectivity index (χ2v) is 2.89. The van der Waals surface area contributed by atoms with Crippen molar-refractivity contribution in [2.24, 2.45) is 0 Å². The van der Waals surface area contributed by atoms with E-state index in [-0.39, 0.29) is 75.5 Å². The molecule has 0 aliphatic carbocycles. The largest absolute Gasteiger partial charge is 3.00 e. The third-order valence-corrected chi connectivity index (χ3v) is 1.67. The Kier molecular flexibility index (Phi) is 19.4. The second-order valence-electron chi connectivity index (χ2n) is 2.89. The summed E-state index contributed by atoms with van der Waals surface area (Å²) in [6.45, 7) is 0. The molecule has 0 aliphatic rings. The fraction of sp³-hybridized carbons (Fsp3) is 0. The molecule has 0 unspecified atom stereocenters. The number of hydrogen-bond acceptors (Lipinski definition) is 0. The molecular weight excluding hydrogens is 510 g/mol. The molecule has 0 amide bonds. The number of rotatable bonds is 0. The fourth-order valence-corrected chi connectivity index (χ4v) is 0.962. The molecule has 3 aromatic carbocycles. The molecule has 1 radical (unpaired) electrons. The molecule has 97 valence electrons. The third-order valence-electron chi connectivity index (χ3n) is 1.67. The standard InChI is InChI=1S/3C5H5.2Ho/c3*1-2-4-5-3-1;;/h3*1-5H;;/q3*-1;;+3. The van der Waals surface area contributed by atoms with E-state index in [9.17, 15) is 0 Å². The molecule has 0 nitrogen and oxygen atoms in total. The van der Waals surface area contributed by atoms with Crippen LogP contribution in [0.2, 0.25) is 0 Å². The molecular formula is C15H15Ho2. The van der Waals surface area contributed by atoms with Crippen LogP contribution < -0.4 is 0 Å². The van der Waals surface area contributed by atoms with Crippen LogP contribution in [-0.2, 0) is 0 Å². The van der Waals surface area contributed by atoms with Gasteiger partial charge in [0.2, 0.25) is 0 Å². The maximum Gasteiger partial charge on any atom is 3.00 e. The van der Waals surface area contributed by atoms with Gasteiger partial charge in [0.05, 0.1) is 0 Å². The molecule has 2 heteroatoms. The van der Waals surface area contributed by atoms with E-state index in [0.29, 0.717) is 0 Å². The van der Waals surface area contributed by atoms with E-state index in [0.717, 1.165) is 0 Å². The number of hydrogen-bond donors (Lipinski definition) is 0. The van der Waals surface area contributed by atoms with E-state index in [2.05, 4.69) is 0 Å². The van der Waals surface area contributed by atoms with Crippen LogP contribution in [0.25, 0.3) is 0 Å². The normalized spacial score (nSPS) is 7.06. The van der Waals surface area contributed by atoms with Crippen LogP contribution in [0.5, 0.6) is 0 Å². The molecule has 0 fully saturated rings. The Labute approximate surface area is 164 Å². The van der Waals surface area contributed by atoms with Gasteiger partial charge in [-0.25, -0.2) is 36.4 Å².